The summed E-state index contributed by atoms with van der Waals surface area (Å²) < 4.78 is 34.1. The Balaban J connectivity index is 2.03. The second-order valence-electron chi connectivity index (χ2n) is 7.31. The van der Waals surface area contributed by atoms with E-state index in [1.54, 1.807) is 17.0 Å². The number of nitrogens with one attached hydrogen (secondary N) is 1. The number of carbonyl (C=O) groups is 1. The Hall–Kier alpha value is -2.42. The van der Waals surface area contributed by atoms with Crippen LogP contribution in [0.3, 0.4) is 0 Å². The zero-order valence-electron chi connectivity index (χ0n) is 19.5. The van der Waals surface area contributed by atoms with Crippen LogP contribution in [-0.4, -0.2) is 63.5 Å². The number of para-hydroxylation sites is 1. The fourth-order valence-electron chi connectivity index (χ4n) is 3.34. The highest BCUT2D eigenvalue weighted by atomic mass is 32.2. The minimum atomic E-state index is -3.73. The van der Waals surface area contributed by atoms with E-state index in [2.05, 4.69) is 23.5 Å². The molecular weight excluding hydrogens is 426 g/mol. The third kappa shape index (κ3) is 7.05. The number of carbonyl (C=O) groups excluding carboxylic acids is 1. The highest BCUT2D eigenvalue weighted by Gasteiger charge is 2.17. The van der Waals surface area contributed by atoms with Gasteiger partial charge in [0.2, 0.25) is 10.0 Å². The normalized spacial score (nSPS) is 11.5. The van der Waals surface area contributed by atoms with Gasteiger partial charge in [0.05, 0.1) is 4.90 Å². The van der Waals surface area contributed by atoms with Crippen LogP contribution in [0.25, 0.3) is 0 Å². The van der Waals surface area contributed by atoms with Crippen LogP contribution in [0.4, 0.5) is 0 Å². The van der Waals surface area contributed by atoms with Crippen molar-refractivity contribution in [2.45, 2.75) is 39.1 Å². The van der Waals surface area contributed by atoms with Crippen LogP contribution in [0.1, 0.15) is 43.6 Å². The van der Waals surface area contributed by atoms with Crippen LogP contribution in [-0.2, 0) is 16.6 Å². The molecule has 2 aromatic rings. The van der Waals surface area contributed by atoms with Crippen LogP contribution < -0.4 is 9.46 Å². The van der Waals surface area contributed by atoms with Crippen molar-refractivity contribution in [3.63, 3.8) is 0 Å². The number of rotatable bonds is 13. The molecule has 0 atom stereocenters. The number of likely N-dealkylation sites (N-methyl/N-ethyl adjacent to an activating group) is 1. The maximum absolute atomic E-state index is 12.8. The third-order valence-corrected chi connectivity index (χ3v) is 6.86. The van der Waals surface area contributed by atoms with E-state index in [0.29, 0.717) is 31.0 Å². The first-order valence-electron chi connectivity index (χ1n) is 11.2. The quantitative estimate of drug-likeness (QED) is 0.495. The van der Waals surface area contributed by atoms with Gasteiger partial charge in [0, 0.05) is 37.3 Å². The summed E-state index contributed by atoms with van der Waals surface area (Å²) in [5, 5.41) is 0. The molecule has 2 aromatic carbocycles. The Morgan fingerprint density at radius 1 is 0.906 bits per heavy atom. The minimum Gasteiger partial charge on any atom is -0.492 e. The van der Waals surface area contributed by atoms with E-state index in [9.17, 15) is 13.2 Å². The van der Waals surface area contributed by atoms with Crippen LogP contribution in [0, 0.1) is 0 Å². The van der Waals surface area contributed by atoms with Gasteiger partial charge in [0.25, 0.3) is 5.91 Å². The third-order valence-electron chi connectivity index (χ3n) is 5.45. The molecule has 2 rings (SSSR count). The zero-order valence-corrected chi connectivity index (χ0v) is 20.3. The Morgan fingerprint density at radius 3 is 2.12 bits per heavy atom. The Morgan fingerprint density at radius 2 is 1.53 bits per heavy atom. The lowest BCUT2D eigenvalue weighted by Crippen LogP contribution is -2.30. The van der Waals surface area contributed by atoms with Gasteiger partial charge in [-0.25, -0.2) is 13.1 Å². The highest BCUT2D eigenvalue weighted by molar-refractivity contribution is 7.89. The Bertz CT molecular complexity index is 953. The smallest absolute Gasteiger partial charge is 0.253 e. The fourth-order valence-corrected chi connectivity index (χ4v) is 4.35. The van der Waals surface area contributed by atoms with Gasteiger partial charge in [-0.05, 0) is 57.3 Å². The molecule has 1 N–H and O–H groups in total. The van der Waals surface area contributed by atoms with Gasteiger partial charge in [0.15, 0.2) is 0 Å². The topological polar surface area (TPSA) is 79.0 Å². The summed E-state index contributed by atoms with van der Waals surface area (Å²) in [5.74, 6) is 0.560. The summed E-state index contributed by atoms with van der Waals surface area (Å²) in [6.45, 7) is 12.6. The summed E-state index contributed by atoms with van der Waals surface area (Å²) in [6, 6.07) is 13.5. The number of sulfonamides is 1. The number of benzene rings is 2. The Kier molecular flexibility index (Phi) is 10.2. The molecule has 176 valence electrons. The molecule has 0 spiro atoms. The molecule has 0 unspecified atom stereocenters. The average molecular weight is 462 g/mol. The Labute approximate surface area is 192 Å². The predicted octanol–water partition coefficient (Wildman–Crippen LogP) is 3.37. The van der Waals surface area contributed by atoms with Gasteiger partial charge >= 0.3 is 0 Å². The molecule has 0 saturated carbocycles. The molecule has 8 heteroatoms. The first-order chi connectivity index (χ1) is 15.4. The van der Waals surface area contributed by atoms with E-state index in [0.717, 1.165) is 25.2 Å². The maximum atomic E-state index is 12.8. The van der Waals surface area contributed by atoms with Crippen molar-refractivity contribution in [3.8, 4) is 5.75 Å². The molecule has 0 aliphatic carbocycles. The molecule has 0 heterocycles. The van der Waals surface area contributed by atoms with Crippen LogP contribution >= 0.6 is 0 Å². The highest BCUT2D eigenvalue weighted by Crippen LogP contribution is 2.19. The van der Waals surface area contributed by atoms with E-state index >= 15 is 0 Å². The summed E-state index contributed by atoms with van der Waals surface area (Å²) in [5.41, 5.74) is 1.24. The molecule has 0 saturated heterocycles. The number of amides is 1. The second-order valence-corrected chi connectivity index (χ2v) is 9.08. The van der Waals surface area contributed by atoms with Crippen molar-refractivity contribution in [1.82, 2.24) is 14.5 Å². The zero-order chi connectivity index (χ0) is 23.6. The summed E-state index contributed by atoms with van der Waals surface area (Å²) in [7, 11) is -3.73. The lowest BCUT2D eigenvalue weighted by atomic mass is 10.2. The van der Waals surface area contributed by atoms with Gasteiger partial charge in [0.1, 0.15) is 12.4 Å². The van der Waals surface area contributed by atoms with Gasteiger partial charge < -0.3 is 14.5 Å². The summed E-state index contributed by atoms with van der Waals surface area (Å²) in [4.78, 5) is 16.5. The van der Waals surface area contributed by atoms with Crippen molar-refractivity contribution in [2.24, 2.45) is 0 Å². The number of nitrogens with zero attached hydrogens (tertiary/aromatic N) is 2. The monoisotopic (exact) mass is 461 g/mol. The first-order valence-corrected chi connectivity index (χ1v) is 12.7. The van der Waals surface area contributed by atoms with E-state index in [1.165, 1.54) is 12.1 Å². The molecule has 0 aromatic heterocycles. The molecular formula is C24H35N3O4S. The summed E-state index contributed by atoms with van der Waals surface area (Å²) >= 11 is 0. The first kappa shape index (κ1) is 25.8. The average Bonchev–Trinajstić information content (AvgIpc) is 2.82. The molecule has 0 fully saturated rings. The molecule has 1 amide bonds. The van der Waals surface area contributed by atoms with Gasteiger partial charge in [-0.1, -0.05) is 32.0 Å². The van der Waals surface area contributed by atoms with Crippen molar-refractivity contribution < 1.29 is 17.9 Å². The lowest BCUT2D eigenvalue weighted by molar-refractivity contribution is 0.0773. The minimum absolute atomic E-state index is 0.109. The SMILES string of the molecule is CCN(CC)CCOc1ccccc1CNS(=O)(=O)c1ccc(C(=O)N(CC)CC)cc1. The molecule has 7 nitrogen and oxygen atoms in total. The van der Waals surface area contributed by atoms with E-state index in [4.69, 9.17) is 4.74 Å². The second kappa shape index (κ2) is 12.6. The molecule has 0 bridgehead atoms. The van der Waals surface area contributed by atoms with Gasteiger partial charge in [-0.2, -0.15) is 0 Å². The van der Waals surface area contributed by atoms with Gasteiger partial charge in [-0.3, -0.25) is 4.79 Å². The standard InChI is InChI=1S/C24H35N3O4S/c1-5-26(6-2)17-18-31-23-12-10-9-11-21(23)19-25-32(29,30)22-15-13-20(14-16-22)24(28)27(7-3)8-4/h9-16,25H,5-8,17-19H2,1-4H3. The molecule has 0 aliphatic rings. The van der Waals surface area contributed by atoms with Crippen molar-refractivity contribution >= 4 is 15.9 Å². The molecule has 0 radical (unpaired) electrons. The number of ether oxygens (including phenoxy) is 1. The van der Waals surface area contributed by atoms with Crippen molar-refractivity contribution in [3.05, 3.63) is 59.7 Å². The summed E-state index contributed by atoms with van der Waals surface area (Å²) in [6.07, 6.45) is 0. The van der Waals surface area contributed by atoms with E-state index in [-0.39, 0.29) is 17.3 Å². The lowest BCUT2D eigenvalue weighted by Gasteiger charge is -2.19. The fraction of sp³-hybridized carbons (Fsp3) is 0.458. The number of hydrogen-bond acceptors (Lipinski definition) is 5. The largest absolute Gasteiger partial charge is 0.492 e. The van der Waals surface area contributed by atoms with Crippen LogP contribution in [0.2, 0.25) is 0 Å². The van der Waals surface area contributed by atoms with Crippen LogP contribution in [0.5, 0.6) is 5.75 Å². The predicted molar refractivity (Wildman–Crippen MR) is 127 cm³/mol. The van der Waals surface area contributed by atoms with E-state index in [1.807, 2.05) is 38.1 Å². The molecule has 32 heavy (non-hydrogen) atoms. The van der Waals surface area contributed by atoms with Crippen molar-refractivity contribution in [1.29, 1.82) is 0 Å². The van der Waals surface area contributed by atoms with Crippen LogP contribution in [0.15, 0.2) is 53.4 Å². The number of hydrogen-bond donors (Lipinski definition) is 1. The van der Waals surface area contributed by atoms with E-state index < -0.39 is 10.0 Å². The van der Waals surface area contributed by atoms with Crippen molar-refractivity contribution in [2.75, 3.05) is 39.3 Å². The molecule has 0 aliphatic heterocycles. The maximum Gasteiger partial charge on any atom is 0.253 e. The van der Waals surface area contributed by atoms with Gasteiger partial charge in [-0.15, -0.1) is 0 Å².